The third-order valence-corrected chi connectivity index (χ3v) is 5.74. The van der Waals surface area contributed by atoms with Crippen molar-refractivity contribution in [1.29, 1.82) is 5.26 Å². The van der Waals surface area contributed by atoms with Crippen LogP contribution in [0.15, 0.2) is 79.0 Å². The molecule has 2 aliphatic rings. The first-order chi connectivity index (χ1) is 14.8. The molecule has 2 aliphatic heterocycles. The number of nitrogens with zero attached hydrogens (tertiary/aromatic N) is 4. The molecule has 1 aromatic heterocycles. The van der Waals surface area contributed by atoms with E-state index in [-0.39, 0.29) is 6.04 Å². The van der Waals surface area contributed by atoms with Crippen molar-refractivity contribution in [3.63, 3.8) is 0 Å². The van der Waals surface area contributed by atoms with Gasteiger partial charge in [0.15, 0.2) is 0 Å². The van der Waals surface area contributed by atoms with Crippen LogP contribution in [0.1, 0.15) is 35.7 Å². The summed E-state index contributed by atoms with van der Waals surface area (Å²) in [6.07, 6.45) is 6.46. The number of aromatic nitrogens is 1. The summed E-state index contributed by atoms with van der Waals surface area (Å²) in [6, 6.07) is 24.5. The maximum atomic E-state index is 9.57. The molecular weight excluding hydrogens is 370 g/mol. The van der Waals surface area contributed by atoms with E-state index < -0.39 is 0 Å². The lowest BCUT2D eigenvalue weighted by atomic mass is 10.0. The molecule has 0 amide bonds. The van der Waals surface area contributed by atoms with Crippen LogP contribution < -0.4 is 15.3 Å². The molecule has 2 aromatic carbocycles. The highest BCUT2D eigenvalue weighted by Crippen LogP contribution is 2.36. The average Bonchev–Trinajstić information content (AvgIpc) is 3.50. The van der Waals surface area contributed by atoms with E-state index >= 15 is 0 Å². The van der Waals surface area contributed by atoms with Gasteiger partial charge in [0.05, 0.1) is 34.8 Å². The number of pyridine rings is 1. The summed E-state index contributed by atoms with van der Waals surface area (Å²) in [5.74, 6) is 0. The quantitative estimate of drug-likeness (QED) is 0.699. The van der Waals surface area contributed by atoms with Gasteiger partial charge in [-0.15, -0.1) is 0 Å². The number of hydrogen-bond acceptors (Lipinski definition) is 5. The first-order valence-electron chi connectivity index (χ1n) is 10.4. The van der Waals surface area contributed by atoms with Crippen LogP contribution in [0.5, 0.6) is 0 Å². The minimum Gasteiger partial charge on any atom is -0.371 e. The molecular formula is C25H23N5. The molecule has 0 saturated carbocycles. The Balaban J connectivity index is 1.55. The van der Waals surface area contributed by atoms with E-state index in [9.17, 15) is 5.26 Å². The predicted molar refractivity (Wildman–Crippen MR) is 120 cm³/mol. The smallest absolute Gasteiger partial charge is 0.0995 e. The lowest BCUT2D eigenvalue weighted by molar-refractivity contribution is 0.672. The van der Waals surface area contributed by atoms with E-state index in [1.807, 2.05) is 48.7 Å². The fourth-order valence-corrected chi connectivity index (χ4v) is 4.24. The highest BCUT2D eigenvalue weighted by atomic mass is 15.5. The second-order valence-electron chi connectivity index (χ2n) is 7.62. The second-order valence-corrected chi connectivity index (χ2v) is 7.62. The first kappa shape index (κ1) is 18.4. The molecule has 0 spiro atoms. The highest BCUT2D eigenvalue weighted by Gasteiger charge is 2.28. The minimum absolute atomic E-state index is 0.103. The van der Waals surface area contributed by atoms with Crippen molar-refractivity contribution in [3.05, 3.63) is 95.8 Å². The Bertz CT molecular complexity index is 1110. The molecule has 1 fully saturated rings. The molecule has 1 unspecified atom stereocenters. The summed E-state index contributed by atoms with van der Waals surface area (Å²) in [7, 11) is 0. The van der Waals surface area contributed by atoms with Crippen molar-refractivity contribution in [2.45, 2.75) is 18.9 Å². The maximum absolute atomic E-state index is 9.57. The Labute approximate surface area is 176 Å². The van der Waals surface area contributed by atoms with Crippen LogP contribution in [-0.4, -0.2) is 18.1 Å². The summed E-state index contributed by atoms with van der Waals surface area (Å²) in [5.41, 5.74) is 9.44. The van der Waals surface area contributed by atoms with Crippen LogP contribution in [0.4, 0.5) is 11.4 Å². The molecule has 1 N–H and O–H groups in total. The van der Waals surface area contributed by atoms with E-state index in [0.717, 1.165) is 35.7 Å². The topological polar surface area (TPSA) is 55.2 Å². The van der Waals surface area contributed by atoms with Crippen molar-refractivity contribution in [1.82, 2.24) is 10.4 Å². The molecule has 1 saturated heterocycles. The number of hydrogen-bond donors (Lipinski definition) is 1. The zero-order chi connectivity index (χ0) is 20.3. The molecule has 3 heterocycles. The van der Waals surface area contributed by atoms with Crippen molar-refractivity contribution >= 4 is 17.1 Å². The number of rotatable bonds is 4. The van der Waals surface area contributed by atoms with Gasteiger partial charge >= 0.3 is 0 Å². The Morgan fingerprint density at radius 3 is 2.53 bits per heavy atom. The second kappa shape index (κ2) is 8.02. The molecule has 5 rings (SSSR count). The van der Waals surface area contributed by atoms with Gasteiger partial charge in [0.25, 0.3) is 0 Å². The summed E-state index contributed by atoms with van der Waals surface area (Å²) in [5, 5.41) is 11.7. The van der Waals surface area contributed by atoms with E-state index in [1.165, 1.54) is 18.5 Å². The highest BCUT2D eigenvalue weighted by molar-refractivity contribution is 5.81. The Hall–Kier alpha value is -3.62. The molecule has 0 aliphatic carbocycles. The molecule has 0 radical (unpaired) electrons. The van der Waals surface area contributed by atoms with Crippen LogP contribution in [0, 0.1) is 11.3 Å². The van der Waals surface area contributed by atoms with Gasteiger partial charge in [0.2, 0.25) is 0 Å². The van der Waals surface area contributed by atoms with Gasteiger partial charge in [0, 0.05) is 25.0 Å². The van der Waals surface area contributed by atoms with E-state index in [0.29, 0.717) is 5.56 Å². The van der Waals surface area contributed by atoms with Gasteiger partial charge in [-0.05, 0) is 60.9 Å². The Kier molecular flexibility index (Phi) is 4.92. The average molecular weight is 393 g/mol. The predicted octanol–water partition coefficient (Wildman–Crippen LogP) is 4.66. The molecule has 5 nitrogen and oxygen atoms in total. The molecule has 3 aromatic rings. The molecule has 1 atom stereocenters. The Morgan fingerprint density at radius 2 is 1.73 bits per heavy atom. The summed E-state index contributed by atoms with van der Waals surface area (Å²) < 4.78 is 0. The number of benzene rings is 2. The number of anilines is 2. The van der Waals surface area contributed by atoms with Crippen LogP contribution in [-0.2, 0) is 0 Å². The third-order valence-electron chi connectivity index (χ3n) is 5.74. The number of nitrogens with one attached hydrogen (secondary N) is 1. The van der Waals surface area contributed by atoms with Crippen molar-refractivity contribution < 1.29 is 0 Å². The third kappa shape index (κ3) is 3.42. The van der Waals surface area contributed by atoms with Gasteiger partial charge in [-0.2, -0.15) is 5.26 Å². The fraction of sp³-hybridized carbons (Fsp3) is 0.200. The first-order valence-corrected chi connectivity index (χ1v) is 10.4. The fourth-order valence-electron chi connectivity index (χ4n) is 4.24. The monoisotopic (exact) mass is 393 g/mol. The van der Waals surface area contributed by atoms with Gasteiger partial charge < -0.3 is 4.90 Å². The van der Waals surface area contributed by atoms with Gasteiger partial charge in [-0.1, -0.05) is 30.3 Å². The van der Waals surface area contributed by atoms with Gasteiger partial charge in [-0.25, -0.2) is 5.43 Å². The van der Waals surface area contributed by atoms with Crippen LogP contribution in [0.2, 0.25) is 0 Å². The number of hydrazine groups is 1. The van der Waals surface area contributed by atoms with Crippen molar-refractivity contribution in [2.75, 3.05) is 23.0 Å². The standard InChI is InChI=1S/C25H23N5/c26-18-19-8-1-2-11-22(19)24-17-25(23-12-3-4-13-27-23)30(28-24)21-10-7-9-20(16-21)29-14-5-6-15-29/h1-4,7-13,16-17,24,28H,5-6,14-15H2. The lowest BCUT2D eigenvalue weighted by Crippen LogP contribution is -2.33. The Morgan fingerprint density at radius 1 is 0.933 bits per heavy atom. The molecule has 30 heavy (non-hydrogen) atoms. The minimum atomic E-state index is -0.103. The van der Waals surface area contributed by atoms with Gasteiger partial charge in [-0.3, -0.25) is 9.99 Å². The summed E-state index contributed by atoms with van der Waals surface area (Å²) in [6.45, 7) is 2.22. The van der Waals surface area contributed by atoms with E-state index in [4.69, 9.17) is 0 Å². The normalized spacial score (nSPS) is 18.4. The maximum Gasteiger partial charge on any atom is 0.0995 e. The van der Waals surface area contributed by atoms with E-state index in [1.54, 1.807) is 0 Å². The molecule has 5 heteroatoms. The van der Waals surface area contributed by atoms with E-state index in [2.05, 4.69) is 56.7 Å². The van der Waals surface area contributed by atoms with Crippen LogP contribution >= 0.6 is 0 Å². The van der Waals surface area contributed by atoms with Crippen molar-refractivity contribution in [3.8, 4) is 6.07 Å². The summed E-state index contributed by atoms with van der Waals surface area (Å²) in [4.78, 5) is 7.02. The molecule has 148 valence electrons. The van der Waals surface area contributed by atoms with Crippen molar-refractivity contribution in [2.24, 2.45) is 0 Å². The zero-order valence-corrected chi connectivity index (χ0v) is 16.7. The van der Waals surface area contributed by atoms with Crippen LogP contribution in [0.25, 0.3) is 5.70 Å². The number of nitriles is 1. The lowest BCUT2D eigenvalue weighted by Gasteiger charge is -2.26. The largest absolute Gasteiger partial charge is 0.371 e. The van der Waals surface area contributed by atoms with Crippen LogP contribution in [0.3, 0.4) is 0 Å². The summed E-state index contributed by atoms with van der Waals surface area (Å²) >= 11 is 0. The zero-order valence-electron chi connectivity index (χ0n) is 16.7. The molecule has 0 bridgehead atoms. The SMILES string of the molecule is N#Cc1ccccc1C1C=C(c2ccccn2)N(c2cccc(N3CCCC3)c2)N1. The van der Waals surface area contributed by atoms with Gasteiger partial charge in [0.1, 0.15) is 0 Å².